The third-order valence-electron chi connectivity index (χ3n) is 1.58. The van der Waals surface area contributed by atoms with E-state index in [2.05, 4.69) is 5.10 Å². The number of nitrogens with zero attached hydrogens (tertiary/aromatic N) is 2. The van der Waals surface area contributed by atoms with E-state index >= 15 is 0 Å². The quantitative estimate of drug-likeness (QED) is 0.693. The van der Waals surface area contributed by atoms with Gasteiger partial charge in [-0.05, 0) is 12.5 Å². The van der Waals surface area contributed by atoms with Crippen molar-refractivity contribution in [3.05, 3.63) is 17.5 Å². The molecule has 0 aromatic carbocycles. The molecule has 14 heavy (non-hydrogen) atoms. The molecule has 82 valence electrons. The predicted molar refractivity (Wildman–Crippen MR) is 48.9 cm³/mol. The van der Waals surface area contributed by atoms with Crippen LogP contribution in [0.3, 0.4) is 0 Å². The van der Waals surface area contributed by atoms with Gasteiger partial charge in [0.25, 0.3) is 0 Å². The average Bonchev–Trinajstić information content (AvgIpc) is 2.49. The van der Waals surface area contributed by atoms with Crippen LogP contribution in [0.2, 0.25) is 0 Å². The molecule has 5 heteroatoms. The Labute approximate surface area is 81.7 Å². The second-order valence-corrected chi connectivity index (χ2v) is 2.50. The molecule has 0 radical (unpaired) electrons. The number of alkyl halides is 3. The van der Waals surface area contributed by atoms with E-state index in [4.69, 9.17) is 0 Å². The summed E-state index contributed by atoms with van der Waals surface area (Å²) in [6.45, 7) is 5.77. The van der Waals surface area contributed by atoms with Crippen molar-refractivity contribution in [2.45, 2.75) is 33.4 Å². The van der Waals surface area contributed by atoms with Gasteiger partial charge in [-0.25, -0.2) is 0 Å². The second-order valence-electron chi connectivity index (χ2n) is 2.50. The highest BCUT2D eigenvalue weighted by atomic mass is 19.4. The molecular weight excluding hydrogens is 193 g/mol. The lowest BCUT2D eigenvalue weighted by Crippen LogP contribution is -2.11. The number of aromatic nitrogens is 2. The van der Waals surface area contributed by atoms with Gasteiger partial charge in [-0.15, -0.1) is 0 Å². The average molecular weight is 208 g/mol. The van der Waals surface area contributed by atoms with Crippen LogP contribution in [0, 0.1) is 0 Å². The summed E-state index contributed by atoms with van der Waals surface area (Å²) in [6.07, 6.45) is -3.78. The lowest BCUT2D eigenvalue weighted by molar-refractivity contribution is -0.143. The molecule has 0 fully saturated rings. The molecule has 1 aromatic heterocycles. The molecule has 1 heterocycles. The normalized spacial score (nSPS) is 10.8. The molecule has 0 saturated heterocycles. The van der Waals surface area contributed by atoms with Crippen molar-refractivity contribution >= 4 is 0 Å². The van der Waals surface area contributed by atoms with Crippen molar-refractivity contribution in [2.75, 3.05) is 0 Å². The number of hydrogen-bond donors (Lipinski definition) is 0. The maximum Gasteiger partial charge on any atom is 0.433 e. The van der Waals surface area contributed by atoms with Gasteiger partial charge in [0.2, 0.25) is 0 Å². The first kappa shape index (κ1) is 13.0. The maximum atomic E-state index is 12.1. The molecule has 0 saturated carbocycles. The minimum absolute atomic E-state index is 0.463. The van der Waals surface area contributed by atoms with Crippen LogP contribution in [-0.4, -0.2) is 9.78 Å². The smallest absolute Gasteiger partial charge is 0.263 e. The van der Waals surface area contributed by atoms with Gasteiger partial charge in [0, 0.05) is 7.05 Å². The lowest BCUT2D eigenvalue weighted by atomic mass is 10.3. The topological polar surface area (TPSA) is 17.8 Å². The number of rotatable bonds is 1. The largest absolute Gasteiger partial charge is 0.433 e. The minimum atomic E-state index is -4.30. The van der Waals surface area contributed by atoms with Crippen molar-refractivity contribution in [1.82, 2.24) is 9.78 Å². The maximum absolute atomic E-state index is 12.1. The summed E-state index contributed by atoms with van der Waals surface area (Å²) in [5.41, 5.74) is -0.232. The van der Waals surface area contributed by atoms with Crippen LogP contribution in [-0.2, 0) is 19.6 Å². The Morgan fingerprint density at radius 1 is 1.36 bits per heavy atom. The molecule has 0 aliphatic heterocycles. The first-order chi connectivity index (χ1) is 6.45. The Hall–Kier alpha value is -1.00. The first-order valence-corrected chi connectivity index (χ1v) is 4.55. The van der Waals surface area contributed by atoms with Crippen molar-refractivity contribution in [2.24, 2.45) is 7.05 Å². The van der Waals surface area contributed by atoms with Gasteiger partial charge >= 0.3 is 6.18 Å². The van der Waals surface area contributed by atoms with E-state index < -0.39 is 11.9 Å². The van der Waals surface area contributed by atoms with Crippen LogP contribution in [0.1, 0.15) is 32.2 Å². The van der Waals surface area contributed by atoms with E-state index in [1.807, 2.05) is 13.8 Å². The fourth-order valence-electron chi connectivity index (χ4n) is 0.965. The van der Waals surface area contributed by atoms with Crippen LogP contribution in [0.15, 0.2) is 6.07 Å². The first-order valence-electron chi connectivity index (χ1n) is 4.55. The van der Waals surface area contributed by atoms with Crippen molar-refractivity contribution < 1.29 is 13.2 Å². The predicted octanol–water partition coefficient (Wildman–Crippen LogP) is 3.03. The van der Waals surface area contributed by atoms with E-state index in [1.165, 1.54) is 7.05 Å². The number of hydrogen-bond acceptors (Lipinski definition) is 1. The zero-order valence-corrected chi connectivity index (χ0v) is 8.81. The Bertz CT molecular complexity index is 276. The molecule has 1 rings (SSSR count). The van der Waals surface area contributed by atoms with Crippen LogP contribution < -0.4 is 0 Å². The molecule has 0 N–H and O–H groups in total. The van der Waals surface area contributed by atoms with Crippen LogP contribution in [0.25, 0.3) is 0 Å². The molecule has 1 aromatic rings. The highest BCUT2D eigenvalue weighted by molar-refractivity contribution is 5.12. The summed E-state index contributed by atoms with van der Waals surface area (Å²) in [5.74, 6) is 0. The molecule has 0 spiro atoms. The molecule has 0 bridgehead atoms. The van der Waals surface area contributed by atoms with Gasteiger partial charge in [0.05, 0.1) is 5.69 Å². The number of aryl methyl sites for hydroxylation is 2. The van der Waals surface area contributed by atoms with Gasteiger partial charge in [0.1, 0.15) is 5.69 Å². The van der Waals surface area contributed by atoms with Crippen molar-refractivity contribution in [3.8, 4) is 0 Å². The van der Waals surface area contributed by atoms with E-state index in [0.29, 0.717) is 12.1 Å². The summed E-state index contributed by atoms with van der Waals surface area (Å²) in [4.78, 5) is 0. The molecule has 2 nitrogen and oxygen atoms in total. The lowest BCUT2D eigenvalue weighted by Gasteiger charge is -2.04. The number of halogens is 3. The van der Waals surface area contributed by atoms with Crippen LogP contribution in [0.4, 0.5) is 13.2 Å². The van der Waals surface area contributed by atoms with Crippen molar-refractivity contribution in [1.29, 1.82) is 0 Å². The Morgan fingerprint density at radius 2 is 1.86 bits per heavy atom. The fraction of sp³-hybridized carbons (Fsp3) is 0.667. The molecule has 0 amide bonds. The Balaban J connectivity index is 0.000000791. The summed E-state index contributed by atoms with van der Waals surface area (Å²) in [5, 5.41) is 3.69. The third-order valence-corrected chi connectivity index (χ3v) is 1.58. The highest BCUT2D eigenvalue weighted by Crippen LogP contribution is 2.29. The van der Waals surface area contributed by atoms with E-state index in [1.54, 1.807) is 6.92 Å². The zero-order chi connectivity index (χ0) is 11.4. The molecule has 0 atom stereocenters. The Kier molecular flexibility index (Phi) is 4.67. The SMILES string of the molecule is CC.CCc1cc(C(F)(F)F)n(C)n1. The van der Waals surface area contributed by atoms with Crippen LogP contribution in [0.5, 0.6) is 0 Å². The van der Waals surface area contributed by atoms with Gasteiger partial charge in [0.15, 0.2) is 0 Å². The third kappa shape index (κ3) is 3.05. The highest BCUT2D eigenvalue weighted by Gasteiger charge is 2.34. The summed E-state index contributed by atoms with van der Waals surface area (Å²) < 4.78 is 37.3. The standard InChI is InChI=1S/C7H9F3N2.C2H6/c1-3-5-4-6(7(8,9)10)12(2)11-5;1-2/h4H,3H2,1-2H3;1-2H3. The van der Waals surface area contributed by atoms with Gasteiger partial charge < -0.3 is 0 Å². The van der Waals surface area contributed by atoms with Gasteiger partial charge in [-0.3, -0.25) is 4.68 Å². The minimum Gasteiger partial charge on any atom is -0.263 e. The summed E-state index contributed by atoms with van der Waals surface area (Å²) in [6, 6.07) is 1.07. The Morgan fingerprint density at radius 3 is 2.07 bits per heavy atom. The van der Waals surface area contributed by atoms with Gasteiger partial charge in [-0.1, -0.05) is 20.8 Å². The summed E-state index contributed by atoms with van der Waals surface area (Å²) in [7, 11) is 1.29. The summed E-state index contributed by atoms with van der Waals surface area (Å²) >= 11 is 0. The molecule has 0 unspecified atom stereocenters. The second kappa shape index (κ2) is 5.02. The van der Waals surface area contributed by atoms with Gasteiger partial charge in [-0.2, -0.15) is 18.3 Å². The molecule has 0 aliphatic rings. The molecular formula is C9H15F3N2. The van der Waals surface area contributed by atoms with Crippen LogP contribution >= 0.6 is 0 Å². The monoisotopic (exact) mass is 208 g/mol. The van der Waals surface area contributed by atoms with E-state index in [9.17, 15) is 13.2 Å². The van der Waals surface area contributed by atoms with E-state index in [0.717, 1.165) is 10.7 Å². The zero-order valence-electron chi connectivity index (χ0n) is 8.81. The molecule has 0 aliphatic carbocycles. The fourth-order valence-corrected chi connectivity index (χ4v) is 0.965. The van der Waals surface area contributed by atoms with Crippen molar-refractivity contribution in [3.63, 3.8) is 0 Å². The van der Waals surface area contributed by atoms with E-state index in [-0.39, 0.29) is 0 Å².